The number of hydrogen-bond donors (Lipinski definition) is 1. The fraction of sp³-hybridized carbons (Fsp3) is 0.615. The van der Waals surface area contributed by atoms with Crippen LogP contribution in [0.2, 0.25) is 0 Å². The molecule has 0 spiro atoms. The van der Waals surface area contributed by atoms with Gasteiger partial charge in [0.05, 0.1) is 7.11 Å². The summed E-state index contributed by atoms with van der Waals surface area (Å²) in [6.07, 6.45) is 1.13. The molecule has 10 heteroatoms. The monoisotopic (exact) mass is 347 g/mol. The maximum Gasteiger partial charge on any atom is 0.330 e. The highest BCUT2D eigenvalue weighted by atomic mass is 32.2. The molecule has 0 amide bonds. The summed E-state index contributed by atoms with van der Waals surface area (Å²) >= 11 is 0. The van der Waals surface area contributed by atoms with E-state index in [4.69, 9.17) is 0 Å². The van der Waals surface area contributed by atoms with Crippen molar-refractivity contribution in [2.45, 2.75) is 31.2 Å². The number of nitrogens with one attached hydrogen (secondary N) is 1. The third kappa shape index (κ3) is 4.29. The van der Waals surface area contributed by atoms with Crippen LogP contribution < -0.4 is 16.0 Å². The van der Waals surface area contributed by atoms with Crippen molar-refractivity contribution in [1.82, 2.24) is 13.9 Å². The van der Waals surface area contributed by atoms with E-state index < -0.39 is 38.2 Å². The molecule has 0 aliphatic rings. The standard InChI is InChI=1S/C13H21N3O6S/c1-8(2)6-9(12(18)22-5)14-23(20,21)10-7-15(3)13(19)16(4)11(10)17/h7-9,14H,6H2,1-5H3/t9-/m0/s1. The van der Waals surface area contributed by atoms with Crippen molar-refractivity contribution in [2.24, 2.45) is 20.0 Å². The first-order valence-corrected chi connectivity index (χ1v) is 8.36. The van der Waals surface area contributed by atoms with Gasteiger partial charge in [-0.2, -0.15) is 4.72 Å². The number of hydrogen-bond acceptors (Lipinski definition) is 6. The largest absolute Gasteiger partial charge is 0.468 e. The Balaban J connectivity index is 3.34. The molecule has 1 N–H and O–H groups in total. The zero-order chi connectivity index (χ0) is 17.9. The number of nitrogens with zero attached hydrogens (tertiary/aromatic N) is 2. The Kier molecular flexibility index (Phi) is 5.89. The van der Waals surface area contributed by atoms with Gasteiger partial charge in [-0.3, -0.25) is 14.2 Å². The average Bonchev–Trinajstić information content (AvgIpc) is 2.46. The molecule has 0 fully saturated rings. The molecule has 0 unspecified atom stereocenters. The molecule has 0 radical (unpaired) electrons. The van der Waals surface area contributed by atoms with Crippen molar-refractivity contribution in [3.8, 4) is 0 Å². The van der Waals surface area contributed by atoms with E-state index in [1.807, 2.05) is 13.8 Å². The van der Waals surface area contributed by atoms with Crippen LogP contribution in [0, 0.1) is 5.92 Å². The molecule has 1 aromatic heterocycles. The van der Waals surface area contributed by atoms with E-state index in [0.29, 0.717) is 4.57 Å². The second-order valence-corrected chi connectivity index (χ2v) is 7.26. The fourth-order valence-electron chi connectivity index (χ4n) is 2.02. The smallest absolute Gasteiger partial charge is 0.330 e. The molecule has 0 bridgehead atoms. The Labute approximate surface area is 133 Å². The van der Waals surface area contributed by atoms with E-state index in [0.717, 1.165) is 17.9 Å². The Hall–Kier alpha value is -1.94. The van der Waals surface area contributed by atoms with E-state index in [9.17, 15) is 22.8 Å². The second-order valence-electron chi connectivity index (χ2n) is 5.58. The van der Waals surface area contributed by atoms with Crippen LogP contribution in [-0.2, 0) is 33.7 Å². The van der Waals surface area contributed by atoms with Crippen LogP contribution in [0.1, 0.15) is 20.3 Å². The molecule has 1 aromatic rings. The lowest BCUT2D eigenvalue weighted by molar-refractivity contribution is -0.143. The molecule has 0 aliphatic carbocycles. The number of methoxy groups -OCH3 is 1. The van der Waals surface area contributed by atoms with Crippen LogP contribution in [0.4, 0.5) is 0 Å². The predicted molar refractivity (Wildman–Crippen MR) is 82.5 cm³/mol. The van der Waals surface area contributed by atoms with Crippen LogP contribution in [0.5, 0.6) is 0 Å². The van der Waals surface area contributed by atoms with Crippen LogP contribution in [-0.4, -0.2) is 36.7 Å². The zero-order valence-corrected chi connectivity index (χ0v) is 14.5. The lowest BCUT2D eigenvalue weighted by Crippen LogP contribution is -2.46. The third-order valence-electron chi connectivity index (χ3n) is 3.19. The number of carbonyl (C=O) groups excluding carboxylic acids is 1. The van der Waals surface area contributed by atoms with Gasteiger partial charge in [-0.15, -0.1) is 0 Å². The van der Waals surface area contributed by atoms with Crippen molar-refractivity contribution in [1.29, 1.82) is 0 Å². The van der Waals surface area contributed by atoms with Crippen LogP contribution in [0.25, 0.3) is 0 Å². The van der Waals surface area contributed by atoms with E-state index >= 15 is 0 Å². The van der Waals surface area contributed by atoms with Gasteiger partial charge in [0.1, 0.15) is 6.04 Å². The number of sulfonamides is 1. The second kappa shape index (κ2) is 7.09. The maximum absolute atomic E-state index is 12.4. The average molecular weight is 347 g/mol. The minimum atomic E-state index is -4.30. The Morgan fingerprint density at radius 2 is 1.87 bits per heavy atom. The third-order valence-corrected chi connectivity index (χ3v) is 4.65. The summed E-state index contributed by atoms with van der Waals surface area (Å²) in [6, 6.07) is -1.12. The van der Waals surface area contributed by atoms with Gasteiger partial charge < -0.3 is 9.30 Å². The Morgan fingerprint density at radius 1 is 1.30 bits per heavy atom. The van der Waals surface area contributed by atoms with E-state index in [1.165, 1.54) is 14.1 Å². The van der Waals surface area contributed by atoms with Crippen molar-refractivity contribution in [2.75, 3.05) is 7.11 Å². The van der Waals surface area contributed by atoms with Gasteiger partial charge in [-0.05, 0) is 12.3 Å². The Morgan fingerprint density at radius 3 is 2.35 bits per heavy atom. The van der Waals surface area contributed by atoms with Crippen LogP contribution >= 0.6 is 0 Å². The van der Waals surface area contributed by atoms with Crippen molar-refractivity contribution in [3.63, 3.8) is 0 Å². The van der Waals surface area contributed by atoms with Crippen molar-refractivity contribution < 1.29 is 17.9 Å². The van der Waals surface area contributed by atoms with Crippen molar-refractivity contribution in [3.05, 3.63) is 27.0 Å². The number of aromatic nitrogens is 2. The van der Waals surface area contributed by atoms with Gasteiger partial charge >= 0.3 is 11.7 Å². The number of esters is 1. The topological polar surface area (TPSA) is 116 Å². The number of aryl methyl sites for hydroxylation is 1. The highest BCUT2D eigenvalue weighted by Crippen LogP contribution is 2.10. The number of carbonyl (C=O) groups is 1. The summed E-state index contributed by atoms with van der Waals surface area (Å²) in [5, 5.41) is 0. The molecule has 1 heterocycles. The van der Waals surface area contributed by atoms with Gasteiger partial charge in [0.2, 0.25) is 10.0 Å². The van der Waals surface area contributed by atoms with Crippen LogP contribution in [0.3, 0.4) is 0 Å². The first-order valence-electron chi connectivity index (χ1n) is 6.88. The molecule has 1 rings (SSSR count). The van der Waals surface area contributed by atoms with Gasteiger partial charge in [-0.25, -0.2) is 13.2 Å². The number of ether oxygens (including phenoxy) is 1. The summed E-state index contributed by atoms with van der Waals surface area (Å²) in [6.45, 7) is 3.63. The lowest BCUT2D eigenvalue weighted by atomic mass is 10.1. The van der Waals surface area contributed by atoms with E-state index in [1.54, 1.807) is 0 Å². The minimum absolute atomic E-state index is 0.0183. The van der Waals surface area contributed by atoms with E-state index in [2.05, 4.69) is 9.46 Å². The van der Waals surface area contributed by atoms with Gasteiger partial charge in [0.25, 0.3) is 5.56 Å². The molecular formula is C13H21N3O6S. The summed E-state index contributed by atoms with van der Waals surface area (Å²) in [5.74, 6) is -0.728. The predicted octanol–water partition coefficient (Wildman–Crippen LogP) is -1.05. The van der Waals surface area contributed by atoms with E-state index in [-0.39, 0.29) is 12.3 Å². The zero-order valence-electron chi connectivity index (χ0n) is 13.7. The van der Waals surface area contributed by atoms with Gasteiger partial charge in [0, 0.05) is 20.3 Å². The normalized spacial score (nSPS) is 13.1. The Bertz CT molecular complexity index is 806. The molecular weight excluding hydrogens is 326 g/mol. The first kappa shape index (κ1) is 19.1. The first-order chi connectivity index (χ1) is 10.5. The number of rotatable bonds is 6. The molecule has 0 saturated carbocycles. The SMILES string of the molecule is COC(=O)[C@H](CC(C)C)NS(=O)(=O)c1cn(C)c(=O)n(C)c1=O. The summed E-state index contributed by atoms with van der Waals surface area (Å²) in [7, 11) is -0.646. The minimum Gasteiger partial charge on any atom is -0.468 e. The molecule has 1 atom stereocenters. The highest BCUT2D eigenvalue weighted by Gasteiger charge is 2.29. The maximum atomic E-state index is 12.4. The molecule has 23 heavy (non-hydrogen) atoms. The quantitative estimate of drug-likeness (QED) is 0.656. The molecule has 130 valence electrons. The van der Waals surface area contributed by atoms with Crippen LogP contribution in [0.15, 0.2) is 20.7 Å². The molecule has 0 aliphatic heterocycles. The summed E-state index contributed by atoms with van der Waals surface area (Å²) in [5.41, 5.74) is -1.62. The van der Waals surface area contributed by atoms with Gasteiger partial charge in [0.15, 0.2) is 4.90 Å². The lowest BCUT2D eigenvalue weighted by Gasteiger charge is -2.18. The fourth-order valence-corrected chi connectivity index (χ4v) is 3.37. The van der Waals surface area contributed by atoms with Gasteiger partial charge in [-0.1, -0.05) is 13.8 Å². The summed E-state index contributed by atoms with van der Waals surface area (Å²) in [4.78, 5) is 34.8. The highest BCUT2D eigenvalue weighted by molar-refractivity contribution is 7.89. The molecule has 0 aromatic carbocycles. The molecule has 0 saturated heterocycles. The molecule has 9 nitrogen and oxygen atoms in total. The van der Waals surface area contributed by atoms with Crippen molar-refractivity contribution >= 4 is 16.0 Å². The summed E-state index contributed by atoms with van der Waals surface area (Å²) < 4.78 is 33.3.